The van der Waals surface area contributed by atoms with E-state index >= 15 is 0 Å². The molecule has 0 saturated heterocycles. The minimum atomic E-state index is -0.0706. The third kappa shape index (κ3) is 5.57. The van der Waals surface area contributed by atoms with Gasteiger partial charge in [-0.3, -0.25) is 4.79 Å². The number of hydrogen-bond donors (Lipinski definition) is 0. The molecule has 1 saturated carbocycles. The van der Waals surface area contributed by atoms with Crippen LogP contribution in [-0.4, -0.2) is 23.5 Å². The van der Waals surface area contributed by atoms with Crippen molar-refractivity contribution in [2.24, 2.45) is 5.92 Å². The van der Waals surface area contributed by atoms with Crippen LogP contribution in [-0.2, 0) is 21.7 Å². The fourth-order valence-electron chi connectivity index (χ4n) is 4.60. The first kappa shape index (κ1) is 24.4. The summed E-state index contributed by atoms with van der Waals surface area (Å²) in [6, 6.07) is 27.6. The van der Waals surface area contributed by atoms with E-state index in [2.05, 4.69) is 84.0 Å². The highest BCUT2D eigenvalue weighted by Gasteiger charge is 2.45. The van der Waals surface area contributed by atoms with Gasteiger partial charge in [0.25, 0.3) is 0 Å². The maximum Gasteiger partial charge on any atom is 0.309 e. The molecule has 1 fully saturated rings. The van der Waals surface area contributed by atoms with Gasteiger partial charge in [-0.2, -0.15) is 11.8 Å². The van der Waals surface area contributed by atoms with Gasteiger partial charge in [0.15, 0.2) is 5.76 Å². The van der Waals surface area contributed by atoms with Crippen LogP contribution in [0, 0.1) is 12.8 Å². The largest absolute Gasteiger partial charge is 0.466 e. The van der Waals surface area contributed by atoms with Crippen LogP contribution in [0.25, 0.3) is 22.5 Å². The Morgan fingerprint density at radius 1 is 0.972 bits per heavy atom. The van der Waals surface area contributed by atoms with E-state index in [0.717, 1.165) is 52.5 Å². The molecule has 4 aromatic rings. The molecule has 1 aliphatic carbocycles. The van der Waals surface area contributed by atoms with E-state index in [1.165, 1.54) is 16.7 Å². The van der Waals surface area contributed by atoms with Gasteiger partial charge in [-0.05, 0) is 60.6 Å². The number of thioether (sulfide) groups is 1. The number of carbonyl (C=O) groups excluding carboxylic acids is 1. The molecule has 5 heteroatoms. The van der Waals surface area contributed by atoms with E-state index in [4.69, 9.17) is 9.26 Å². The summed E-state index contributed by atoms with van der Waals surface area (Å²) in [6.07, 6.45) is 1.94. The molecule has 4 nitrogen and oxygen atoms in total. The molecule has 0 spiro atoms. The molecule has 0 radical (unpaired) electrons. The van der Waals surface area contributed by atoms with Gasteiger partial charge in [0.1, 0.15) is 0 Å². The molecule has 1 heterocycles. The van der Waals surface area contributed by atoms with Crippen LogP contribution >= 0.6 is 11.8 Å². The second-order valence-electron chi connectivity index (χ2n) is 9.26. The minimum Gasteiger partial charge on any atom is -0.466 e. The van der Waals surface area contributed by atoms with E-state index < -0.39 is 0 Å². The van der Waals surface area contributed by atoms with E-state index in [9.17, 15) is 4.79 Å². The van der Waals surface area contributed by atoms with Crippen LogP contribution in [0.4, 0.5) is 0 Å². The Kier molecular flexibility index (Phi) is 7.57. The molecule has 0 N–H and O–H groups in total. The molecule has 3 aromatic carbocycles. The first-order chi connectivity index (χ1) is 17.6. The zero-order valence-corrected chi connectivity index (χ0v) is 21.6. The Labute approximate surface area is 217 Å². The van der Waals surface area contributed by atoms with Crippen molar-refractivity contribution >= 4 is 17.7 Å². The average molecular weight is 498 g/mol. The lowest BCUT2D eigenvalue weighted by Gasteiger charge is -2.07. The summed E-state index contributed by atoms with van der Waals surface area (Å²) in [5.74, 6) is 3.04. The smallest absolute Gasteiger partial charge is 0.309 e. The van der Waals surface area contributed by atoms with Crippen LogP contribution in [0.1, 0.15) is 41.6 Å². The topological polar surface area (TPSA) is 52.3 Å². The number of ether oxygens (including phenoxy) is 1. The lowest BCUT2D eigenvalue weighted by Crippen LogP contribution is -2.07. The zero-order valence-electron chi connectivity index (χ0n) is 20.8. The number of rotatable bonds is 10. The maximum atomic E-state index is 11.9. The van der Waals surface area contributed by atoms with Crippen LogP contribution in [0.2, 0.25) is 0 Å². The first-order valence-corrected chi connectivity index (χ1v) is 13.7. The fraction of sp³-hybridized carbons (Fsp3) is 0.290. The van der Waals surface area contributed by atoms with Crippen LogP contribution in [0.5, 0.6) is 0 Å². The van der Waals surface area contributed by atoms with Crippen molar-refractivity contribution in [3.05, 3.63) is 101 Å². The van der Waals surface area contributed by atoms with E-state index in [1.807, 2.05) is 25.6 Å². The van der Waals surface area contributed by atoms with Gasteiger partial charge in [-0.1, -0.05) is 84.0 Å². The molecule has 184 valence electrons. The molecule has 36 heavy (non-hydrogen) atoms. The summed E-state index contributed by atoms with van der Waals surface area (Å²) in [5, 5.41) is 4.25. The van der Waals surface area contributed by atoms with Gasteiger partial charge in [0.05, 0.1) is 18.2 Å². The SMILES string of the molecule is CCOC(=O)[C@@H]1C[C@H]1c1ccc(-c2ccc(-c3onc(C)c3CSCCc3ccccc3)cc2)cc1. The molecule has 5 rings (SSSR count). The number of hydrogen-bond acceptors (Lipinski definition) is 5. The van der Waals surface area contributed by atoms with Gasteiger partial charge >= 0.3 is 5.97 Å². The first-order valence-electron chi connectivity index (χ1n) is 12.6. The van der Waals surface area contributed by atoms with Crippen LogP contribution < -0.4 is 0 Å². The van der Waals surface area contributed by atoms with Crippen LogP contribution in [0.3, 0.4) is 0 Å². The van der Waals surface area contributed by atoms with Crippen molar-refractivity contribution in [1.29, 1.82) is 0 Å². The average Bonchev–Trinajstić information content (AvgIpc) is 3.64. The van der Waals surface area contributed by atoms with Crippen molar-refractivity contribution in [3.8, 4) is 22.5 Å². The minimum absolute atomic E-state index is 0.0196. The summed E-state index contributed by atoms with van der Waals surface area (Å²) in [7, 11) is 0. The summed E-state index contributed by atoms with van der Waals surface area (Å²) < 4.78 is 10.9. The number of aromatic nitrogens is 1. The van der Waals surface area contributed by atoms with E-state index in [1.54, 1.807) is 0 Å². The highest BCUT2D eigenvalue weighted by atomic mass is 32.2. The summed E-state index contributed by atoms with van der Waals surface area (Å²) in [5.41, 5.74) is 8.06. The van der Waals surface area contributed by atoms with Crippen molar-refractivity contribution in [3.63, 3.8) is 0 Å². The lowest BCUT2D eigenvalue weighted by molar-refractivity contribution is -0.144. The fourth-order valence-corrected chi connectivity index (χ4v) is 5.67. The quantitative estimate of drug-likeness (QED) is 0.168. The Morgan fingerprint density at radius 2 is 1.64 bits per heavy atom. The third-order valence-electron chi connectivity index (χ3n) is 6.81. The Bertz CT molecular complexity index is 1300. The highest BCUT2D eigenvalue weighted by Crippen LogP contribution is 2.48. The van der Waals surface area contributed by atoms with Crippen LogP contribution in [0.15, 0.2) is 83.4 Å². The normalized spacial score (nSPS) is 16.6. The molecular weight excluding hydrogens is 466 g/mol. The number of aryl methyl sites for hydroxylation is 2. The molecule has 0 amide bonds. The zero-order chi connectivity index (χ0) is 24.9. The summed E-state index contributed by atoms with van der Waals surface area (Å²) >= 11 is 1.91. The molecular formula is C31H31NO3S. The molecule has 1 aliphatic rings. The maximum absolute atomic E-state index is 11.9. The molecule has 0 bridgehead atoms. The van der Waals surface area contributed by atoms with Crippen molar-refractivity contribution in [2.45, 2.75) is 38.4 Å². The van der Waals surface area contributed by atoms with Crippen molar-refractivity contribution in [2.75, 3.05) is 12.4 Å². The summed E-state index contributed by atoms with van der Waals surface area (Å²) in [6.45, 7) is 4.31. The van der Waals surface area contributed by atoms with E-state index in [0.29, 0.717) is 12.5 Å². The van der Waals surface area contributed by atoms with E-state index in [-0.39, 0.29) is 11.9 Å². The number of esters is 1. The molecule has 0 unspecified atom stereocenters. The molecule has 1 aromatic heterocycles. The van der Waals surface area contributed by atoms with Gasteiger partial charge in [-0.15, -0.1) is 0 Å². The lowest BCUT2D eigenvalue weighted by atomic mass is 9.99. The third-order valence-corrected chi connectivity index (χ3v) is 7.79. The number of nitrogens with zero attached hydrogens (tertiary/aromatic N) is 1. The monoisotopic (exact) mass is 497 g/mol. The number of carbonyl (C=O) groups is 1. The van der Waals surface area contributed by atoms with Gasteiger partial charge in [0, 0.05) is 16.9 Å². The Morgan fingerprint density at radius 3 is 2.33 bits per heavy atom. The number of benzene rings is 3. The molecule has 2 atom stereocenters. The predicted octanol–water partition coefficient (Wildman–Crippen LogP) is 7.46. The van der Waals surface area contributed by atoms with Crippen molar-refractivity contribution in [1.82, 2.24) is 5.16 Å². The summed E-state index contributed by atoms with van der Waals surface area (Å²) in [4.78, 5) is 11.9. The Balaban J connectivity index is 1.21. The predicted molar refractivity (Wildman–Crippen MR) is 146 cm³/mol. The highest BCUT2D eigenvalue weighted by molar-refractivity contribution is 7.98. The van der Waals surface area contributed by atoms with Gasteiger partial charge in [0.2, 0.25) is 0 Å². The van der Waals surface area contributed by atoms with Gasteiger partial charge < -0.3 is 9.26 Å². The second kappa shape index (κ2) is 11.2. The standard InChI is InChI=1S/C31H31NO3S/c1-3-34-31(33)28-19-27(28)25-13-9-23(10-14-25)24-11-15-26(16-12-24)30-29(21(2)32-35-30)20-36-18-17-22-7-5-4-6-8-22/h4-16,27-28H,3,17-20H2,1-2H3/t27-,28+/m0/s1. The Hall–Kier alpha value is -3.31. The van der Waals surface area contributed by atoms with Crippen molar-refractivity contribution < 1.29 is 14.1 Å². The van der Waals surface area contributed by atoms with Gasteiger partial charge in [-0.25, -0.2) is 0 Å². The molecule has 0 aliphatic heterocycles. The second-order valence-corrected chi connectivity index (χ2v) is 10.4.